The van der Waals surface area contributed by atoms with E-state index < -0.39 is 11.1 Å². The van der Waals surface area contributed by atoms with Crippen LogP contribution in [0.3, 0.4) is 0 Å². The first-order valence-corrected chi connectivity index (χ1v) is 4.57. The summed E-state index contributed by atoms with van der Waals surface area (Å²) < 4.78 is 19.1. The van der Waals surface area contributed by atoms with Crippen molar-refractivity contribution in [2.45, 2.75) is 37.4 Å². The van der Waals surface area contributed by atoms with Crippen molar-refractivity contribution >= 4 is 11.1 Å². The molecule has 0 aromatic heterocycles. The third-order valence-electron chi connectivity index (χ3n) is 1.84. The van der Waals surface area contributed by atoms with Gasteiger partial charge in [-0.1, -0.05) is 19.3 Å². The summed E-state index contributed by atoms with van der Waals surface area (Å²) in [4.78, 5) is 0. The largest absolute Gasteiger partial charge is 1.00 e. The molecule has 4 heteroatoms. The van der Waals surface area contributed by atoms with Crippen molar-refractivity contribution in [3.63, 3.8) is 0 Å². The maximum Gasteiger partial charge on any atom is 1.00 e. The van der Waals surface area contributed by atoms with Gasteiger partial charge in [0, 0.05) is 0 Å². The summed E-state index contributed by atoms with van der Waals surface area (Å²) >= 11 is -1.55. The molecule has 64 valence electrons. The van der Waals surface area contributed by atoms with E-state index in [0.29, 0.717) is 0 Å². The van der Waals surface area contributed by atoms with Crippen LogP contribution >= 0.6 is 0 Å². The maximum absolute atomic E-state index is 10.5. The van der Waals surface area contributed by atoms with Crippen molar-refractivity contribution in [3.8, 4) is 0 Å². The van der Waals surface area contributed by atoms with Crippen molar-refractivity contribution < 1.29 is 31.1 Å². The zero-order valence-corrected chi connectivity index (χ0v) is 7.98. The topological polar surface area (TPSA) is 37.3 Å². The minimum absolute atomic E-state index is 0. The predicted octanol–water partition coefficient (Wildman–Crippen LogP) is 1.54. The molecular weight excluding hydrogens is 244 g/mol. The van der Waals surface area contributed by atoms with Crippen LogP contribution in [0.15, 0.2) is 0 Å². The molecule has 1 fully saturated rings. The van der Waals surface area contributed by atoms with E-state index in [1.54, 1.807) is 0 Å². The summed E-state index contributed by atoms with van der Waals surface area (Å²) in [7, 11) is 0. The molecule has 0 amide bonds. The van der Waals surface area contributed by atoms with Gasteiger partial charge in [0.05, 0.1) is 5.25 Å². The minimum atomic E-state index is -1.55. The predicted molar refractivity (Wildman–Crippen MR) is 37.6 cm³/mol. The van der Waals surface area contributed by atoms with Crippen molar-refractivity contribution in [3.05, 3.63) is 0 Å². The molecule has 0 heterocycles. The summed E-state index contributed by atoms with van der Waals surface area (Å²) in [6.45, 7) is 0. The van der Waals surface area contributed by atoms with E-state index in [2.05, 4.69) is 0 Å². The molecule has 0 saturated heterocycles. The van der Waals surface area contributed by atoms with Gasteiger partial charge in [-0.25, -0.2) is 4.21 Å². The molecule has 1 aliphatic carbocycles. The van der Waals surface area contributed by atoms with Gasteiger partial charge < -0.3 is 4.55 Å². The van der Waals surface area contributed by atoms with E-state index >= 15 is 0 Å². The molecule has 0 aliphatic heterocycles. The van der Waals surface area contributed by atoms with Crippen molar-refractivity contribution in [2.24, 2.45) is 0 Å². The molecule has 1 unspecified atom stereocenters. The molecule has 1 rings (SSSR count). The van der Waals surface area contributed by atoms with E-state index in [0.717, 1.165) is 25.7 Å². The summed E-state index contributed by atoms with van der Waals surface area (Å²) in [5.74, 6) is 0. The fourth-order valence-corrected chi connectivity index (χ4v) is 2.00. The summed E-state index contributed by atoms with van der Waals surface area (Å²) in [5, 5.41) is 0.0822. The smallest absolute Gasteiger partial charge is 0.306 e. The second-order valence-corrected chi connectivity index (χ2v) is 3.76. The molecule has 10 heavy (non-hydrogen) atoms. The zero-order valence-electron chi connectivity index (χ0n) is 5.68. The van der Waals surface area contributed by atoms with E-state index in [4.69, 9.17) is 4.55 Å². The number of hydrogen-bond acceptors (Lipinski definition) is 1. The van der Waals surface area contributed by atoms with Crippen molar-refractivity contribution in [2.75, 3.05) is 0 Å². The Morgan fingerprint density at radius 1 is 1.20 bits per heavy atom. The quantitative estimate of drug-likeness (QED) is 0.570. The summed E-state index contributed by atoms with van der Waals surface area (Å²) in [6, 6.07) is 0. The Balaban J connectivity index is 0.000000810. The van der Waals surface area contributed by atoms with Gasteiger partial charge in [-0.3, -0.25) is 0 Å². The molecule has 1 atom stereocenters. The summed E-state index contributed by atoms with van der Waals surface area (Å²) in [5.41, 5.74) is 0. The summed E-state index contributed by atoms with van der Waals surface area (Å²) in [6.07, 6.45) is 5.41. The number of hydrogen-bond donors (Lipinski definition) is 1. The van der Waals surface area contributed by atoms with Crippen LogP contribution in [0.2, 0.25) is 0 Å². The molecule has 2 nitrogen and oxygen atoms in total. The van der Waals surface area contributed by atoms with Gasteiger partial charge in [0.25, 0.3) is 0 Å². The molecular formula is C6H12AgO2S+. The van der Waals surface area contributed by atoms with Gasteiger partial charge >= 0.3 is 22.4 Å². The second-order valence-electron chi connectivity index (χ2n) is 2.54. The van der Waals surface area contributed by atoms with Gasteiger partial charge in [0.15, 0.2) is 11.1 Å². The molecule has 0 bridgehead atoms. The van der Waals surface area contributed by atoms with E-state index in [-0.39, 0.29) is 27.6 Å². The Labute approximate surface area is 79.6 Å². The van der Waals surface area contributed by atoms with Crippen LogP contribution in [-0.2, 0) is 33.5 Å². The number of rotatable bonds is 1. The van der Waals surface area contributed by atoms with Crippen LogP contribution in [0.4, 0.5) is 0 Å². The second kappa shape index (κ2) is 5.49. The van der Waals surface area contributed by atoms with Crippen LogP contribution in [-0.4, -0.2) is 14.0 Å². The van der Waals surface area contributed by atoms with E-state index in [1.165, 1.54) is 6.42 Å². The van der Waals surface area contributed by atoms with Gasteiger partial charge in [-0.05, 0) is 12.8 Å². The minimum Gasteiger partial charge on any atom is -0.306 e. The maximum atomic E-state index is 10.5. The van der Waals surface area contributed by atoms with Gasteiger partial charge in [-0.2, -0.15) is 0 Å². The molecule has 1 aliphatic rings. The van der Waals surface area contributed by atoms with Crippen LogP contribution in [0.1, 0.15) is 32.1 Å². The Morgan fingerprint density at radius 2 is 1.70 bits per heavy atom. The molecule has 1 N–H and O–H groups in total. The van der Waals surface area contributed by atoms with Gasteiger partial charge in [0.1, 0.15) is 0 Å². The average Bonchev–Trinajstić information content (AvgIpc) is 1.90. The Morgan fingerprint density at radius 3 is 2.00 bits per heavy atom. The zero-order chi connectivity index (χ0) is 6.69. The standard InChI is InChI=1S/C6H12O2S.Ag/c7-9(8)6-4-2-1-3-5-6;/h6H,1-5H2,(H,7,8);/q;+1. The first kappa shape index (κ1) is 10.9. The first-order chi connectivity index (χ1) is 4.30. The van der Waals surface area contributed by atoms with Crippen molar-refractivity contribution in [1.29, 1.82) is 0 Å². The van der Waals surface area contributed by atoms with Crippen LogP contribution in [0.5, 0.6) is 0 Å². The Bertz CT molecular complexity index is 112. The SMILES string of the molecule is O=S(O)C1CCCCC1.[Ag+]. The third-order valence-corrected chi connectivity index (χ3v) is 2.88. The molecule has 0 spiro atoms. The third kappa shape index (κ3) is 3.30. The average molecular weight is 256 g/mol. The van der Waals surface area contributed by atoms with Crippen LogP contribution < -0.4 is 0 Å². The molecule has 0 aromatic carbocycles. The van der Waals surface area contributed by atoms with Gasteiger partial charge in [-0.15, -0.1) is 0 Å². The Kier molecular flexibility index (Phi) is 5.96. The fourth-order valence-electron chi connectivity index (χ4n) is 1.27. The molecule has 0 radical (unpaired) electrons. The monoisotopic (exact) mass is 255 g/mol. The normalized spacial score (nSPS) is 23.3. The van der Waals surface area contributed by atoms with Crippen molar-refractivity contribution in [1.82, 2.24) is 0 Å². The van der Waals surface area contributed by atoms with Crippen LogP contribution in [0, 0.1) is 0 Å². The molecule has 0 aromatic rings. The van der Waals surface area contributed by atoms with Crippen LogP contribution in [0.25, 0.3) is 0 Å². The Hall–Kier alpha value is 0.850. The first-order valence-electron chi connectivity index (χ1n) is 3.40. The van der Waals surface area contributed by atoms with Gasteiger partial charge in [0.2, 0.25) is 0 Å². The molecule has 1 saturated carbocycles. The van der Waals surface area contributed by atoms with E-state index in [1.807, 2.05) is 0 Å². The van der Waals surface area contributed by atoms with E-state index in [9.17, 15) is 4.21 Å². The fraction of sp³-hybridized carbons (Fsp3) is 1.00.